The van der Waals surface area contributed by atoms with E-state index in [2.05, 4.69) is 0 Å². The molecule has 0 atom stereocenters. The number of allylic oxidation sites excluding steroid dienone is 1. The van der Waals surface area contributed by atoms with Crippen molar-refractivity contribution in [2.45, 2.75) is 13.5 Å². The topological polar surface area (TPSA) is 61.5 Å². The van der Waals surface area contributed by atoms with Crippen LogP contribution in [0.3, 0.4) is 0 Å². The second-order valence-electron chi connectivity index (χ2n) is 3.34. The average Bonchev–Trinajstić information content (AvgIpc) is 2.26. The molecule has 0 unspecified atom stereocenters. The molecule has 0 spiro atoms. The molecule has 0 radical (unpaired) electrons. The van der Waals surface area contributed by atoms with Gasteiger partial charge in [0.15, 0.2) is 0 Å². The Kier molecular flexibility index (Phi) is 4.39. The van der Waals surface area contributed by atoms with Gasteiger partial charge in [0.1, 0.15) is 12.4 Å². The van der Waals surface area contributed by atoms with E-state index in [4.69, 9.17) is 15.2 Å². The van der Waals surface area contributed by atoms with Gasteiger partial charge in [-0.05, 0) is 24.6 Å². The zero-order valence-corrected chi connectivity index (χ0v) is 9.40. The van der Waals surface area contributed by atoms with Crippen LogP contribution in [0.25, 0.3) is 0 Å². The fraction of sp³-hybridized carbons (Fsp3) is 0.250. The Morgan fingerprint density at radius 1 is 1.38 bits per heavy atom. The van der Waals surface area contributed by atoms with Crippen molar-refractivity contribution in [2.75, 3.05) is 7.11 Å². The standard InChI is InChI=1S/C12H15NO3/c1-9(13)7-12(14)16-8-10-3-5-11(15-2)6-4-10/h3-7H,8,13H2,1-2H3. The Hall–Kier alpha value is -1.97. The van der Waals surface area contributed by atoms with Gasteiger partial charge in [-0.15, -0.1) is 0 Å². The summed E-state index contributed by atoms with van der Waals surface area (Å²) in [6, 6.07) is 7.30. The van der Waals surface area contributed by atoms with Crippen LogP contribution < -0.4 is 10.5 Å². The number of rotatable bonds is 4. The first-order valence-corrected chi connectivity index (χ1v) is 4.85. The van der Waals surface area contributed by atoms with Crippen LogP contribution in [-0.4, -0.2) is 13.1 Å². The van der Waals surface area contributed by atoms with Crippen molar-refractivity contribution in [2.24, 2.45) is 5.73 Å². The molecule has 16 heavy (non-hydrogen) atoms. The minimum atomic E-state index is -0.434. The minimum absolute atomic E-state index is 0.229. The summed E-state index contributed by atoms with van der Waals surface area (Å²) in [6.45, 7) is 1.86. The minimum Gasteiger partial charge on any atom is -0.497 e. The molecule has 0 aliphatic heterocycles. The molecule has 0 saturated carbocycles. The lowest BCUT2D eigenvalue weighted by molar-refractivity contribution is -0.139. The third kappa shape index (κ3) is 4.04. The molecule has 1 aromatic rings. The highest BCUT2D eigenvalue weighted by Gasteiger charge is 2.00. The highest BCUT2D eigenvalue weighted by atomic mass is 16.5. The Balaban J connectivity index is 2.48. The fourth-order valence-corrected chi connectivity index (χ4v) is 1.10. The second kappa shape index (κ2) is 5.80. The molecule has 0 bridgehead atoms. The van der Waals surface area contributed by atoms with Crippen molar-refractivity contribution in [1.29, 1.82) is 0 Å². The summed E-state index contributed by atoms with van der Waals surface area (Å²) in [5, 5.41) is 0. The van der Waals surface area contributed by atoms with Crippen LogP contribution in [0.2, 0.25) is 0 Å². The molecule has 0 aromatic heterocycles. The summed E-state index contributed by atoms with van der Waals surface area (Å²) >= 11 is 0. The summed E-state index contributed by atoms with van der Waals surface area (Å²) in [6.07, 6.45) is 1.25. The molecule has 2 N–H and O–H groups in total. The number of nitrogens with two attached hydrogens (primary N) is 1. The van der Waals surface area contributed by atoms with Crippen molar-refractivity contribution < 1.29 is 14.3 Å². The van der Waals surface area contributed by atoms with E-state index in [-0.39, 0.29) is 6.61 Å². The molecule has 0 fully saturated rings. The van der Waals surface area contributed by atoms with Crippen molar-refractivity contribution >= 4 is 5.97 Å². The molecule has 1 aromatic carbocycles. The van der Waals surface area contributed by atoms with Gasteiger partial charge in [0.25, 0.3) is 0 Å². The van der Waals surface area contributed by atoms with Gasteiger partial charge in [-0.3, -0.25) is 0 Å². The third-order valence-corrected chi connectivity index (χ3v) is 1.89. The van der Waals surface area contributed by atoms with Gasteiger partial charge in [-0.25, -0.2) is 4.79 Å². The van der Waals surface area contributed by atoms with Crippen molar-refractivity contribution in [3.8, 4) is 5.75 Å². The molecule has 1 rings (SSSR count). The van der Waals surface area contributed by atoms with Crippen molar-refractivity contribution in [1.82, 2.24) is 0 Å². The maximum absolute atomic E-state index is 11.1. The molecule has 0 heterocycles. The zero-order valence-electron chi connectivity index (χ0n) is 9.40. The number of hydrogen-bond acceptors (Lipinski definition) is 4. The van der Waals surface area contributed by atoms with E-state index in [0.29, 0.717) is 5.70 Å². The van der Waals surface area contributed by atoms with Gasteiger partial charge in [0.05, 0.1) is 7.11 Å². The number of hydrogen-bond donors (Lipinski definition) is 1. The summed E-state index contributed by atoms with van der Waals surface area (Å²) in [5.74, 6) is 0.337. The van der Waals surface area contributed by atoms with E-state index in [1.165, 1.54) is 6.08 Å². The summed E-state index contributed by atoms with van der Waals surface area (Å²) in [4.78, 5) is 11.1. The smallest absolute Gasteiger partial charge is 0.332 e. The monoisotopic (exact) mass is 221 g/mol. The lowest BCUT2D eigenvalue weighted by atomic mass is 10.2. The van der Waals surface area contributed by atoms with Crippen LogP contribution in [0, 0.1) is 0 Å². The predicted octanol–water partition coefficient (Wildman–Crippen LogP) is 1.60. The normalized spacial score (nSPS) is 11.0. The van der Waals surface area contributed by atoms with E-state index < -0.39 is 5.97 Å². The molecule has 86 valence electrons. The number of ether oxygens (including phenoxy) is 2. The van der Waals surface area contributed by atoms with Gasteiger partial charge in [-0.2, -0.15) is 0 Å². The number of carbonyl (C=O) groups excluding carboxylic acids is 1. The van der Waals surface area contributed by atoms with Gasteiger partial charge >= 0.3 is 5.97 Å². The van der Waals surface area contributed by atoms with Crippen LogP contribution in [0.15, 0.2) is 36.0 Å². The molecule has 0 amide bonds. The van der Waals surface area contributed by atoms with E-state index in [9.17, 15) is 4.79 Å². The van der Waals surface area contributed by atoms with Gasteiger partial charge in [0.2, 0.25) is 0 Å². The van der Waals surface area contributed by atoms with Crippen LogP contribution in [0.5, 0.6) is 5.75 Å². The lowest BCUT2D eigenvalue weighted by Gasteiger charge is -2.04. The third-order valence-electron chi connectivity index (χ3n) is 1.89. The number of methoxy groups -OCH3 is 1. The Bertz CT molecular complexity index is 378. The molecule has 4 nitrogen and oxygen atoms in total. The second-order valence-corrected chi connectivity index (χ2v) is 3.34. The molecule has 0 aliphatic carbocycles. The van der Waals surface area contributed by atoms with E-state index in [1.807, 2.05) is 24.3 Å². The van der Waals surface area contributed by atoms with E-state index >= 15 is 0 Å². The molecular weight excluding hydrogens is 206 g/mol. The first-order chi connectivity index (χ1) is 7.61. The van der Waals surface area contributed by atoms with Crippen LogP contribution in [0.4, 0.5) is 0 Å². The summed E-state index contributed by atoms with van der Waals surface area (Å²) < 4.78 is 9.99. The fourth-order valence-electron chi connectivity index (χ4n) is 1.10. The van der Waals surface area contributed by atoms with Crippen molar-refractivity contribution in [3.05, 3.63) is 41.6 Å². The quantitative estimate of drug-likeness (QED) is 0.619. The maximum atomic E-state index is 11.1. The number of carbonyl (C=O) groups is 1. The van der Waals surface area contributed by atoms with Crippen LogP contribution >= 0.6 is 0 Å². The van der Waals surface area contributed by atoms with Gasteiger partial charge in [-0.1, -0.05) is 12.1 Å². The molecule has 0 saturated heterocycles. The molecule has 0 aliphatic rings. The van der Waals surface area contributed by atoms with E-state index in [1.54, 1.807) is 14.0 Å². The van der Waals surface area contributed by atoms with Crippen LogP contribution in [-0.2, 0) is 16.1 Å². The Labute approximate surface area is 94.7 Å². The van der Waals surface area contributed by atoms with Crippen LogP contribution in [0.1, 0.15) is 12.5 Å². The first-order valence-electron chi connectivity index (χ1n) is 4.85. The maximum Gasteiger partial charge on any atom is 0.332 e. The molecular formula is C12H15NO3. The number of benzene rings is 1. The van der Waals surface area contributed by atoms with Crippen molar-refractivity contribution in [3.63, 3.8) is 0 Å². The Morgan fingerprint density at radius 3 is 2.50 bits per heavy atom. The van der Waals surface area contributed by atoms with Gasteiger partial charge in [0, 0.05) is 11.8 Å². The molecule has 4 heteroatoms. The summed E-state index contributed by atoms with van der Waals surface area (Å²) in [7, 11) is 1.60. The van der Waals surface area contributed by atoms with Gasteiger partial charge < -0.3 is 15.2 Å². The highest BCUT2D eigenvalue weighted by molar-refractivity contribution is 5.82. The first kappa shape index (κ1) is 12.1. The Morgan fingerprint density at radius 2 is 2.00 bits per heavy atom. The highest BCUT2D eigenvalue weighted by Crippen LogP contribution is 2.11. The zero-order chi connectivity index (χ0) is 12.0. The summed E-state index contributed by atoms with van der Waals surface area (Å²) in [5.41, 5.74) is 6.67. The average molecular weight is 221 g/mol. The number of esters is 1. The largest absolute Gasteiger partial charge is 0.497 e. The SMILES string of the molecule is COc1ccc(COC(=O)C=C(C)N)cc1. The lowest BCUT2D eigenvalue weighted by Crippen LogP contribution is -2.04. The predicted molar refractivity (Wildman–Crippen MR) is 60.7 cm³/mol. The van der Waals surface area contributed by atoms with E-state index in [0.717, 1.165) is 11.3 Å².